The van der Waals surface area contributed by atoms with E-state index in [1.54, 1.807) is 6.33 Å². The first-order valence-electron chi connectivity index (χ1n) is 6.92. The fourth-order valence-corrected chi connectivity index (χ4v) is 2.62. The molecule has 1 aliphatic rings. The van der Waals surface area contributed by atoms with Crippen molar-refractivity contribution in [1.29, 1.82) is 0 Å². The van der Waals surface area contributed by atoms with Crippen LogP contribution in [0.25, 0.3) is 0 Å². The summed E-state index contributed by atoms with van der Waals surface area (Å²) in [6, 6.07) is 6.80. The van der Waals surface area contributed by atoms with Crippen molar-refractivity contribution < 1.29 is 14.6 Å². The summed E-state index contributed by atoms with van der Waals surface area (Å²) in [6.07, 6.45) is 2.02. The van der Waals surface area contributed by atoms with Gasteiger partial charge in [-0.15, -0.1) is 0 Å². The molecule has 2 heterocycles. The molecule has 3 rings (SSSR count). The van der Waals surface area contributed by atoms with Crippen LogP contribution in [-0.4, -0.2) is 33.7 Å². The lowest BCUT2D eigenvalue weighted by molar-refractivity contribution is -0.139. The first-order chi connectivity index (χ1) is 10.2. The Bertz CT molecular complexity index is 636. The molecular formula is C15H17N3O3. The van der Waals surface area contributed by atoms with Crippen molar-refractivity contribution in [2.75, 3.05) is 6.61 Å². The van der Waals surface area contributed by atoms with Crippen LogP contribution in [0.4, 0.5) is 0 Å². The topological polar surface area (TPSA) is 87.2 Å². The molecule has 110 valence electrons. The molecule has 1 aromatic heterocycles. The van der Waals surface area contributed by atoms with E-state index in [2.05, 4.69) is 15.3 Å². The molecule has 2 aromatic rings. The van der Waals surface area contributed by atoms with Gasteiger partial charge >= 0.3 is 5.97 Å². The molecule has 0 unspecified atom stereocenters. The van der Waals surface area contributed by atoms with Crippen LogP contribution in [-0.2, 0) is 11.2 Å². The fraction of sp³-hybridized carbons (Fsp3) is 0.333. The van der Waals surface area contributed by atoms with Crippen LogP contribution in [0.15, 0.2) is 30.6 Å². The number of nitrogens with one attached hydrogen (secondary N) is 2. The minimum Gasteiger partial charge on any atom is -0.494 e. The van der Waals surface area contributed by atoms with E-state index in [1.807, 2.05) is 31.2 Å². The van der Waals surface area contributed by atoms with Crippen molar-refractivity contribution in [3.8, 4) is 5.75 Å². The number of carbonyl (C=O) groups is 1. The van der Waals surface area contributed by atoms with Gasteiger partial charge < -0.3 is 14.8 Å². The molecular weight excluding hydrogens is 270 g/mol. The highest BCUT2D eigenvalue weighted by Gasteiger charge is 2.33. The second kappa shape index (κ2) is 5.57. The number of imidazole rings is 1. The van der Waals surface area contributed by atoms with E-state index in [-0.39, 0.29) is 6.04 Å². The average Bonchev–Trinajstić information content (AvgIpc) is 2.95. The van der Waals surface area contributed by atoms with Crippen LogP contribution in [0.2, 0.25) is 0 Å². The third-order valence-electron chi connectivity index (χ3n) is 3.62. The van der Waals surface area contributed by atoms with E-state index in [0.29, 0.717) is 13.0 Å². The SMILES string of the molecule is CCOc1ccc([C@@H]2N[C@H](C(=O)O)Cc3[nH]cnc32)cc1. The van der Waals surface area contributed by atoms with Crippen molar-refractivity contribution in [1.82, 2.24) is 15.3 Å². The Kier molecular flexibility index (Phi) is 3.62. The minimum atomic E-state index is -0.855. The zero-order valence-corrected chi connectivity index (χ0v) is 11.7. The summed E-state index contributed by atoms with van der Waals surface area (Å²) in [4.78, 5) is 18.6. The third kappa shape index (κ3) is 2.62. The third-order valence-corrected chi connectivity index (χ3v) is 3.62. The van der Waals surface area contributed by atoms with E-state index in [1.165, 1.54) is 0 Å². The summed E-state index contributed by atoms with van der Waals surface area (Å²) < 4.78 is 5.43. The largest absolute Gasteiger partial charge is 0.494 e. The Labute approximate surface area is 122 Å². The Balaban J connectivity index is 1.91. The molecule has 0 spiro atoms. The van der Waals surface area contributed by atoms with Gasteiger partial charge in [-0.05, 0) is 24.6 Å². The first-order valence-corrected chi connectivity index (χ1v) is 6.92. The molecule has 0 radical (unpaired) electrons. The fourth-order valence-electron chi connectivity index (χ4n) is 2.62. The number of H-pyrrole nitrogens is 1. The summed E-state index contributed by atoms with van der Waals surface area (Å²) in [6.45, 7) is 2.55. The zero-order chi connectivity index (χ0) is 14.8. The van der Waals surface area contributed by atoms with Gasteiger partial charge in [0.2, 0.25) is 0 Å². The second-order valence-electron chi connectivity index (χ2n) is 4.96. The van der Waals surface area contributed by atoms with Crippen LogP contribution >= 0.6 is 0 Å². The van der Waals surface area contributed by atoms with Gasteiger partial charge in [0, 0.05) is 12.1 Å². The van der Waals surface area contributed by atoms with Crippen LogP contribution < -0.4 is 10.1 Å². The highest BCUT2D eigenvalue weighted by Crippen LogP contribution is 2.29. The van der Waals surface area contributed by atoms with Crippen LogP contribution in [0, 0.1) is 0 Å². The van der Waals surface area contributed by atoms with Gasteiger partial charge in [-0.1, -0.05) is 12.1 Å². The van der Waals surface area contributed by atoms with Crippen molar-refractivity contribution >= 4 is 5.97 Å². The number of aliphatic carboxylic acids is 1. The normalized spacial score (nSPS) is 20.8. The molecule has 0 saturated carbocycles. The molecule has 0 fully saturated rings. The van der Waals surface area contributed by atoms with Gasteiger partial charge in [0.1, 0.15) is 11.8 Å². The smallest absolute Gasteiger partial charge is 0.321 e. The molecule has 2 atom stereocenters. The minimum absolute atomic E-state index is 0.225. The van der Waals surface area contributed by atoms with E-state index in [9.17, 15) is 9.90 Å². The molecule has 0 aliphatic carbocycles. The predicted molar refractivity (Wildman–Crippen MR) is 76.3 cm³/mol. The van der Waals surface area contributed by atoms with Crippen molar-refractivity contribution in [2.24, 2.45) is 0 Å². The number of fused-ring (bicyclic) bond motifs is 1. The van der Waals surface area contributed by atoms with Gasteiger partial charge in [-0.3, -0.25) is 10.1 Å². The van der Waals surface area contributed by atoms with Crippen molar-refractivity contribution in [3.63, 3.8) is 0 Å². The monoisotopic (exact) mass is 287 g/mol. The van der Waals surface area contributed by atoms with E-state index >= 15 is 0 Å². The lowest BCUT2D eigenvalue weighted by Crippen LogP contribution is -2.45. The number of aromatic amines is 1. The van der Waals surface area contributed by atoms with Gasteiger partial charge in [-0.2, -0.15) is 0 Å². The Morgan fingerprint density at radius 2 is 2.19 bits per heavy atom. The number of carboxylic acids is 1. The number of ether oxygens (including phenoxy) is 1. The van der Waals surface area contributed by atoms with E-state index in [0.717, 1.165) is 22.7 Å². The maximum atomic E-state index is 11.3. The second-order valence-corrected chi connectivity index (χ2v) is 4.96. The Hall–Kier alpha value is -2.34. The summed E-state index contributed by atoms with van der Waals surface area (Å²) in [5.41, 5.74) is 2.70. The first kappa shape index (κ1) is 13.6. The van der Waals surface area contributed by atoms with Crippen LogP contribution in [0.5, 0.6) is 5.75 Å². The summed E-state index contributed by atoms with van der Waals surface area (Å²) in [5.74, 6) is -0.0553. The van der Waals surface area contributed by atoms with Gasteiger partial charge in [0.25, 0.3) is 0 Å². The molecule has 21 heavy (non-hydrogen) atoms. The lowest BCUT2D eigenvalue weighted by Gasteiger charge is -2.28. The Morgan fingerprint density at radius 1 is 1.43 bits per heavy atom. The molecule has 0 saturated heterocycles. The molecule has 6 heteroatoms. The average molecular weight is 287 g/mol. The van der Waals surface area contributed by atoms with Crippen LogP contribution in [0.1, 0.15) is 29.9 Å². The van der Waals surface area contributed by atoms with Crippen LogP contribution in [0.3, 0.4) is 0 Å². The molecule has 3 N–H and O–H groups in total. The van der Waals surface area contributed by atoms with Gasteiger partial charge in [0.05, 0.1) is 24.7 Å². The summed E-state index contributed by atoms with van der Waals surface area (Å²) in [5, 5.41) is 12.4. The number of hydrogen-bond acceptors (Lipinski definition) is 4. The molecule has 0 bridgehead atoms. The number of nitrogens with zero attached hydrogens (tertiary/aromatic N) is 1. The highest BCUT2D eigenvalue weighted by atomic mass is 16.5. The Morgan fingerprint density at radius 3 is 2.86 bits per heavy atom. The lowest BCUT2D eigenvalue weighted by atomic mass is 9.94. The summed E-state index contributed by atoms with van der Waals surface area (Å²) >= 11 is 0. The maximum Gasteiger partial charge on any atom is 0.321 e. The predicted octanol–water partition coefficient (Wildman–Crippen LogP) is 1.50. The summed E-state index contributed by atoms with van der Waals surface area (Å²) in [7, 11) is 0. The molecule has 0 amide bonds. The van der Waals surface area contributed by atoms with E-state index < -0.39 is 12.0 Å². The number of carboxylic acid groups (broad SMARTS) is 1. The number of rotatable bonds is 4. The highest BCUT2D eigenvalue weighted by molar-refractivity contribution is 5.74. The number of benzene rings is 1. The molecule has 6 nitrogen and oxygen atoms in total. The van der Waals surface area contributed by atoms with E-state index in [4.69, 9.17) is 4.74 Å². The maximum absolute atomic E-state index is 11.3. The standard InChI is InChI=1S/C15H17N3O3/c1-2-21-10-5-3-9(4-6-10)13-14-11(16-8-17-14)7-12(18-13)15(19)20/h3-6,8,12-13,18H,2,7H2,1H3,(H,16,17)(H,19,20)/t12-,13-/m0/s1. The number of hydrogen-bond donors (Lipinski definition) is 3. The quantitative estimate of drug-likeness (QED) is 0.793. The van der Waals surface area contributed by atoms with Crippen molar-refractivity contribution in [2.45, 2.75) is 25.4 Å². The zero-order valence-electron chi connectivity index (χ0n) is 11.7. The van der Waals surface area contributed by atoms with Gasteiger partial charge in [0.15, 0.2) is 0 Å². The van der Waals surface area contributed by atoms with Gasteiger partial charge in [-0.25, -0.2) is 4.98 Å². The molecule has 1 aliphatic heterocycles. The molecule has 1 aromatic carbocycles. The van der Waals surface area contributed by atoms with Crippen molar-refractivity contribution in [3.05, 3.63) is 47.5 Å². The number of aromatic nitrogens is 2.